The molecule has 1 atom stereocenters. The predicted octanol–water partition coefficient (Wildman–Crippen LogP) is 3.12. The average Bonchev–Trinajstić information content (AvgIpc) is 3.24. The van der Waals surface area contributed by atoms with Crippen molar-refractivity contribution in [3.8, 4) is 0 Å². The van der Waals surface area contributed by atoms with Crippen LogP contribution in [0.2, 0.25) is 0 Å². The zero-order valence-corrected chi connectivity index (χ0v) is 12.9. The standard InChI is InChI=1S/C17H13N3O2S/c21-16(22)15-12-6-7-17(8-13(12)19-20-15,14-9-23-10-18-14)11-4-2-1-3-5-11/h1-7,9-10H,8H2,(H,19,20)(H,21,22). The summed E-state index contributed by atoms with van der Waals surface area (Å²) in [5, 5.41) is 18.1. The molecule has 3 aromatic rings. The predicted molar refractivity (Wildman–Crippen MR) is 87.6 cm³/mol. The normalized spacial score (nSPS) is 19.5. The van der Waals surface area contributed by atoms with E-state index in [1.807, 2.05) is 41.2 Å². The summed E-state index contributed by atoms with van der Waals surface area (Å²) in [7, 11) is 0. The smallest absolute Gasteiger partial charge is 0.357 e. The first kappa shape index (κ1) is 13.9. The molecule has 2 aromatic heterocycles. The van der Waals surface area contributed by atoms with Crippen LogP contribution in [-0.2, 0) is 11.8 Å². The number of carbonyl (C=O) groups is 1. The Morgan fingerprint density at radius 2 is 2.13 bits per heavy atom. The highest BCUT2D eigenvalue weighted by Crippen LogP contribution is 2.41. The fraction of sp³-hybridized carbons (Fsp3) is 0.118. The zero-order chi connectivity index (χ0) is 15.9. The van der Waals surface area contributed by atoms with Gasteiger partial charge in [-0.15, -0.1) is 11.3 Å². The number of allylic oxidation sites excluding steroid dienone is 1. The minimum Gasteiger partial charge on any atom is -0.476 e. The third-order valence-electron chi connectivity index (χ3n) is 4.25. The Kier molecular flexibility index (Phi) is 3.12. The Morgan fingerprint density at radius 1 is 1.30 bits per heavy atom. The maximum absolute atomic E-state index is 11.3. The zero-order valence-electron chi connectivity index (χ0n) is 12.1. The van der Waals surface area contributed by atoms with Gasteiger partial charge in [0.2, 0.25) is 0 Å². The van der Waals surface area contributed by atoms with E-state index < -0.39 is 11.4 Å². The van der Waals surface area contributed by atoms with Crippen LogP contribution in [0.5, 0.6) is 0 Å². The first-order valence-corrected chi connectivity index (χ1v) is 8.09. The summed E-state index contributed by atoms with van der Waals surface area (Å²) < 4.78 is 0. The summed E-state index contributed by atoms with van der Waals surface area (Å²) in [4.78, 5) is 15.8. The maximum atomic E-state index is 11.3. The molecule has 1 aromatic carbocycles. The summed E-state index contributed by atoms with van der Waals surface area (Å²) >= 11 is 1.55. The fourth-order valence-electron chi connectivity index (χ4n) is 3.12. The minimum absolute atomic E-state index is 0.0659. The number of rotatable bonds is 3. The number of thiazole rings is 1. The Labute approximate surface area is 136 Å². The van der Waals surface area contributed by atoms with E-state index in [4.69, 9.17) is 0 Å². The lowest BCUT2D eigenvalue weighted by Gasteiger charge is -2.32. The molecule has 1 unspecified atom stereocenters. The van der Waals surface area contributed by atoms with Crippen LogP contribution in [0.15, 0.2) is 47.3 Å². The number of aromatic amines is 1. The molecule has 4 rings (SSSR count). The van der Waals surface area contributed by atoms with Crippen molar-refractivity contribution in [2.75, 3.05) is 0 Å². The molecule has 6 heteroatoms. The Balaban J connectivity index is 1.89. The lowest BCUT2D eigenvalue weighted by molar-refractivity contribution is 0.0690. The number of hydrogen-bond donors (Lipinski definition) is 2. The van der Waals surface area contributed by atoms with E-state index in [0.29, 0.717) is 12.0 Å². The van der Waals surface area contributed by atoms with E-state index in [-0.39, 0.29) is 5.69 Å². The maximum Gasteiger partial charge on any atom is 0.357 e. The van der Waals surface area contributed by atoms with Gasteiger partial charge in [-0.2, -0.15) is 5.10 Å². The lowest BCUT2D eigenvalue weighted by atomic mass is 9.71. The number of aromatic carboxylic acids is 1. The number of fused-ring (bicyclic) bond motifs is 1. The van der Waals surface area contributed by atoms with Crippen LogP contribution in [0, 0.1) is 0 Å². The van der Waals surface area contributed by atoms with Crippen LogP contribution in [0.25, 0.3) is 6.08 Å². The van der Waals surface area contributed by atoms with Crippen LogP contribution in [0.1, 0.15) is 33.0 Å². The summed E-state index contributed by atoms with van der Waals surface area (Å²) in [5.41, 5.74) is 5.04. The van der Waals surface area contributed by atoms with Crippen molar-refractivity contribution in [1.82, 2.24) is 15.2 Å². The average molecular weight is 323 g/mol. The quantitative estimate of drug-likeness (QED) is 0.776. The molecule has 0 aliphatic heterocycles. The number of nitrogens with zero attached hydrogens (tertiary/aromatic N) is 2. The summed E-state index contributed by atoms with van der Waals surface area (Å²) in [6, 6.07) is 10.1. The molecular weight excluding hydrogens is 310 g/mol. The number of carboxylic acids is 1. The molecule has 0 fully saturated rings. The van der Waals surface area contributed by atoms with Gasteiger partial charge < -0.3 is 5.11 Å². The van der Waals surface area contributed by atoms with Gasteiger partial charge in [-0.05, 0) is 5.56 Å². The number of benzene rings is 1. The van der Waals surface area contributed by atoms with E-state index in [1.54, 1.807) is 11.3 Å². The summed E-state index contributed by atoms with van der Waals surface area (Å²) in [5.74, 6) is -1.02. The third-order valence-corrected chi connectivity index (χ3v) is 4.84. The van der Waals surface area contributed by atoms with Gasteiger partial charge in [0.15, 0.2) is 5.69 Å². The van der Waals surface area contributed by atoms with Gasteiger partial charge in [0.1, 0.15) is 0 Å². The second-order valence-electron chi connectivity index (χ2n) is 5.49. The molecule has 2 N–H and O–H groups in total. The van der Waals surface area contributed by atoms with Gasteiger partial charge in [-0.3, -0.25) is 5.10 Å². The number of carboxylic acid groups (broad SMARTS) is 1. The van der Waals surface area contributed by atoms with E-state index in [1.165, 1.54) is 0 Å². The van der Waals surface area contributed by atoms with Crippen LogP contribution < -0.4 is 0 Å². The lowest BCUT2D eigenvalue weighted by Crippen LogP contribution is -2.31. The molecule has 23 heavy (non-hydrogen) atoms. The van der Waals surface area contributed by atoms with Crippen molar-refractivity contribution < 1.29 is 9.90 Å². The van der Waals surface area contributed by atoms with Crippen LogP contribution in [-0.4, -0.2) is 26.3 Å². The third kappa shape index (κ3) is 2.10. The van der Waals surface area contributed by atoms with Crippen LogP contribution in [0.4, 0.5) is 0 Å². The van der Waals surface area contributed by atoms with Gasteiger partial charge in [0.05, 0.1) is 16.6 Å². The highest BCUT2D eigenvalue weighted by Gasteiger charge is 2.38. The Morgan fingerprint density at radius 3 is 2.83 bits per heavy atom. The van der Waals surface area contributed by atoms with Crippen molar-refractivity contribution in [3.05, 3.63) is 75.5 Å². The van der Waals surface area contributed by atoms with Crippen molar-refractivity contribution >= 4 is 23.4 Å². The second-order valence-corrected chi connectivity index (χ2v) is 6.21. The largest absolute Gasteiger partial charge is 0.476 e. The van der Waals surface area contributed by atoms with Gasteiger partial charge in [0, 0.05) is 23.1 Å². The van der Waals surface area contributed by atoms with Gasteiger partial charge in [0.25, 0.3) is 0 Å². The number of H-pyrrole nitrogens is 1. The SMILES string of the molecule is O=C(O)c1n[nH]c2c1C=CC(c1ccccc1)(c1cscn1)C2. The Hall–Kier alpha value is -2.73. The van der Waals surface area contributed by atoms with E-state index >= 15 is 0 Å². The monoisotopic (exact) mass is 323 g/mol. The topological polar surface area (TPSA) is 78.9 Å². The van der Waals surface area contributed by atoms with Crippen molar-refractivity contribution in [1.29, 1.82) is 0 Å². The molecule has 0 spiro atoms. The molecule has 0 saturated heterocycles. The second kappa shape index (κ2) is 5.17. The molecule has 1 aliphatic rings. The highest BCUT2D eigenvalue weighted by atomic mass is 32.1. The highest BCUT2D eigenvalue weighted by molar-refractivity contribution is 7.07. The summed E-state index contributed by atoms with van der Waals surface area (Å²) in [6.45, 7) is 0. The van der Waals surface area contributed by atoms with Crippen molar-refractivity contribution in [2.24, 2.45) is 0 Å². The molecule has 2 heterocycles. The van der Waals surface area contributed by atoms with E-state index in [0.717, 1.165) is 17.0 Å². The number of nitrogens with one attached hydrogen (secondary N) is 1. The molecule has 0 amide bonds. The van der Waals surface area contributed by atoms with E-state index in [9.17, 15) is 9.90 Å². The molecule has 0 radical (unpaired) electrons. The van der Waals surface area contributed by atoms with Crippen molar-refractivity contribution in [3.63, 3.8) is 0 Å². The minimum atomic E-state index is -1.02. The van der Waals surface area contributed by atoms with Crippen LogP contribution in [0.3, 0.4) is 0 Å². The Bertz CT molecular complexity index is 884. The first-order chi connectivity index (χ1) is 11.2. The molecular formula is C17H13N3O2S. The summed E-state index contributed by atoms with van der Waals surface area (Å²) in [6.07, 6.45) is 4.49. The first-order valence-electron chi connectivity index (χ1n) is 7.15. The molecule has 1 aliphatic carbocycles. The fourth-order valence-corrected chi connectivity index (χ4v) is 3.75. The number of hydrogen-bond acceptors (Lipinski definition) is 4. The van der Waals surface area contributed by atoms with Gasteiger partial charge in [-0.1, -0.05) is 42.5 Å². The van der Waals surface area contributed by atoms with Gasteiger partial charge >= 0.3 is 5.97 Å². The van der Waals surface area contributed by atoms with E-state index in [2.05, 4.69) is 27.3 Å². The molecule has 114 valence electrons. The van der Waals surface area contributed by atoms with Crippen molar-refractivity contribution in [2.45, 2.75) is 11.8 Å². The van der Waals surface area contributed by atoms with Gasteiger partial charge in [-0.25, -0.2) is 9.78 Å². The van der Waals surface area contributed by atoms with Crippen LogP contribution >= 0.6 is 11.3 Å². The molecule has 0 bridgehead atoms. The molecule has 5 nitrogen and oxygen atoms in total. The molecule has 0 saturated carbocycles. The number of aromatic nitrogens is 3.